The van der Waals surface area contributed by atoms with Gasteiger partial charge in [0.05, 0.1) is 19.3 Å². The van der Waals surface area contributed by atoms with Gasteiger partial charge in [0, 0.05) is 23.8 Å². The van der Waals surface area contributed by atoms with Crippen LogP contribution in [0.3, 0.4) is 0 Å². The highest BCUT2D eigenvalue weighted by Gasteiger charge is 2.23. The number of anilines is 1. The van der Waals surface area contributed by atoms with E-state index in [0.29, 0.717) is 13.2 Å². The van der Waals surface area contributed by atoms with E-state index in [1.54, 1.807) is 0 Å². The smallest absolute Gasteiger partial charge is 0.131 e. The Kier molecular flexibility index (Phi) is 3.78. The van der Waals surface area contributed by atoms with Crippen LogP contribution in [0.2, 0.25) is 0 Å². The van der Waals surface area contributed by atoms with Gasteiger partial charge < -0.3 is 15.4 Å². The number of halogens is 1. The lowest BCUT2D eigenvalue weighted by Gasteiger charge is -2.36. The summed E-state index contributed by atoms with van der Waals surface area (Å²) in [6, 6.07) is 2.31. The standard InChI is InChI=1S/C11H16BrN3O/c1-8-4-9(12)6-14-11(8)15-2-3-16-7-10(15)5-13/h4,6,10H,2-3,5,7,13H2,1H3. The number of nitrogens with zero attached hydrogens (tertiary/aromatic N) is 2. The summed E-state index contributed by atoms with van der Waals surface area (Å²) in [6.45, 7) is 4.95. The van der Waals surface area contributed by atoms with E-state index >= 15 is 0 Å². The Balaban J connectivity index is 2.27. The molecule has 1 aliphatic rings. The fourth-order valence-electron chi connectivity index (χ4n) is 1.96. The van der Waals surface area contributed by atoms with Crippen molar-refractivity contribution in [2.45, 2.75) is 13.0 Å². The number of ether oxygens (including phenoxy) is 1. The molecule has 88 valence electrons. The first kappa shape index (κ1) is 11.8. The fourth-order valence-corrected chi connectivity index (χ4v) is 2.41. The Hall–Kier alpha value is -0.650. The van der Waals surface area contributed by atoms with Gasteiger partial charge in [-0.15, -0.1) is 0 Å². The van der Waals surface area contributed by atoms with E-state index in [1.807, 2.05) is 6.20 Å². The first-order valence-corrected chi connectivity index (χ1v) is 6.18. The zero-order valence-corrected chi connectivity index (χ0v) is 10.9. The predicted molar refractivity (Wildman–Crippen MR) is 67.7 cm³/mol. The highest BCUT2D eigenvalue weighted by molar-refractivity contribution is 9.10. The summed E-state index contributed by atoms with van der Waals surface area (Å²) in [4.78, 5) is 6.71. The summed E-state index contributed by atoms with van der Waals surface area (Å²) in [5.41, 5.74) is 6.91. The van der Waals surface area contributed by atoms with E-state index in [0.717, 1.165) is 29.0 Å². The molecule has 1 fully saturated rings. The number of aromatic nitrogens is 1. The predicted octanol–water partition coefficient (Wildman–Crippen LogP) is 1.32. The average molecular weight is 286 g/mol. The zero-order chi connectivity index (χ0) is 11.5. The van der Waals surface area contributed by atoms with Gasteiger partial charge in [-0.05, 0) is 34.5 Å². The van der Waals surface area contributed by atoms with Crippen molar-refractivity contribution in [1.82, 2.24) is 4.98 Å². The van der Waals surface area contributed by atoms with Crippen molar-refractivity contribution in [2.24, 2.45) is 5.73 Å². The SMILES string of the molecule is Cc1cc(Br)cnc1N1CCOCC1CN. The van der Waals surface area contributed by atoms with E-state index in [9.17, 15) is 0 Å². The molecular formula is C11H16BrN3O. The van der Waals surface area contributed by atoms with Gasteiger partial charge in [0.25, 0.3) is 0 Å². The quantitative estimate of drug-likeness (QED) is 0.891. The number of morpholine rings is 1. The normalized spacial score (nSPS) is 21.2. The van der Waals surface area contributed by atoms with Crippen molar-refractivity contribution >= 4 is 21.7 Å². The maximum Gasteiger partial charge on any atom is 0.131 e. The monoisotopic (exact) mass is 285 g/mol. The lowest BCUT2D eigenvalue weighted by molar-refractivity contribution is 0.0958. The van der Waals surface area contributed by atoms with Crippen molar-refractivity contribution in [3.8, 4) is 0 Å². The van der Waals surface area contributed by atoms with Crippen LogP contribution in [0.4, 0.5) is 5.82 Å². The Morgan fingerprint density at radius 1 is 1.69 bits per heavy atom. The number of aryl methyl sites for hydroxylation is 1. The third-order valence-corrected chi connectivity index (χ3v) is 3.22. The highest BCUT2D eigenvalue weighted by Crippen LogP contribution is 2.23. The molecule has 1 aromatic rings. The topological polar surface area (TPSA) is 51.4 Å². The van der Waals surface area contributed by atoms with E-state index in [2.05, 4.69) is 38.8 Å². The molecule has 0 saturated carbocycles. The maximum atomic E-state index is 5.75. The van der Waals surface area contributed by atoms with Gasteiger partial charge in [-0.2, -0.15) is 0 Å². The Bertz CT molecular complexity index is 372. The number of nitrogens with two attached hydrogens (primary N) is 1. The van der Waals surface area contributed by atoms with Crippen LogP contribution in [0.25, 0.3) is 0 Å². The molecule has 4 nitrogen and oxygen atoms in total. The molecule has 2 N–H and O–H groups in total. The molecule has 1 unspecified atom stereocenters. The highest BCUT2D eigenvalue weighted by atomic mass is 79.9. The minimum absolute atomic E-state index is 0.237. The maximum absolute atomic E-state index is 5.75. The molecule has 0 radical (unpaired) electrons. The second-order valence-electron chi connectivity index (χ2n) is 3.95. The van der Waals surface area contributed by atoms with Gasteiger partial charge in [0.1, 0.15) is 5.82 Å². The molecule has 0 spiro atoms. The van der Waals surface area contributed by atoms with Gasteiger partial charge in [-0.3, -0.25) is 0 Å². The molecule has 0 bridgehead atoms. The number of pyridine rings is 1. The minimum atomic E-state index is 0.237. The van der Waals surface area contributed by atoms with Gasteiger partial charge in [-0.25, -0.2) is 4.98 Å². The van der Waals surface area contributed by atoms with Crippen LogP contribution < -0.4 is 10.6 Å². The summed E-state index contributed by atoms with van der Waals surface area (Å²) in [7, 11) is 0. The number of hydrogen-bond acceptors (Lipinski definition) is 4. The Morgan fingerprint density at radius 3 is 3.19 bits per heavy atom. The molecule has 2 heterocycles. The minimum Gasteiger partial charge on any atom is -0.377 e. The van der Waals surface area contributed by atoms with Crippen molar-refractivity contribution < 1.29 is 4.74 Å². The second-order valence-corrected chi connectivity index (χ2v) is 4.87. The lowest BCUT2D eigenvalue weighted by Crippen LogP contribution is -2.50. The second kappa shape index (κ2) is 5.12. The average Bonchev–Trinajstić information content (AvgIpc) is 2.29. The first-order valence-electron chi connectivity index (χ1n) is 5.39. The summed E-state index contributed by atoms with van der Waals surface area (Å²) >= 11 is 3.42. The molecule has 2 rings (SSSR count). The summed E-state index contributed by atoms with van der Waals surface area (Å²) < 4.78 is 6.44. The van der Waals surface area contributed by atoms with Crippen molar-refractivity contribution in [3.05, 3.63) is 22.3 Å². The van der Waals surface area contributed by atoms with Crippen LogP contribution in [-0.4, -0.2) is 37.3 Å². The van der Waals surface area contributed by atoms with Crippen LogP contribution in [0.5, 0.6) is 0 Å². The van der Waals surface area contributed by atoms with Crippen molar-refractivity contribution in [2.75, 3.05) is 31.2 Å². The molecule has 0 aliphatic carbocycles. The van der Waals surface area contributed by atoms with E-state index in [1.165, 1.54) is 0 Å². The van der Waals surface area contributed by atoms with E-state index < -0.39 is 0 Å². The zero-order valence-electron chi connectivity index (χ0n) is 9.32. The van der Waals surface area contributed by atoms with Crippen LogP contribution >= 0.6 is 15.9 Å². The Labute approximate surface area is 104 Å². The molecule has 1 atom stereocenters. The number of rotatable bonds is 2. The van der Waals surface area contributed by atoms with Crippen molar-refractivity contribution in [1.29, 1.82) is 0 Å². The van der Waals surface area contributed by atoms with E-state index in [-0.39, 0.29) is 6.04 Å². The molecule has 1 aromatic heterocycles. The van der Waals surface area contributed by atoms with E-state index in [4.69, 9.17) is 10.5 Å². The van der Waals surface area contributed by atoms with Crippen LogP contribution in [-0.2, 0) is 4.74 Å². The van der Waals surface area contributed by atoms with Crippen LogP contribution in [0.1, 0.15) is 5.56 Å². The van der Waals surface area contributed by atoms with Crippen LogP contribution in [0.15, 0.2) is 16.7 Å². The third kappa shape index (κ3) is 2.36. The molecular weight excluding hydrogens is 270 g/mol. The van der Waals surface area contributed by atoms with Crippen LogP contribution in [0, 0.1) is 6.92 Å². The third-order valence-electron chi connectivity index (χ3n) is 2.79. The Morgan fingerprint density at radius 2 is 2.50 bits per heavy atom. The lowest BCUT2D eigenvalue weighted by atomic mass is 10.2. The van der Waals surface area contributed by atoms with Gasteiger partial charge in [0.2, 0.25) is 0 Å². The summed E-state index contributed by atoms with van der Waals surface area (Å²) in [5, 5.41) is 0. The fraction of sp³-hybridized carbons (Fsp3) is 0.545. The largest absolute Gasteiger partial charge is 0.377 e. The first-order chi connectivity index (χ1) is 7.72. The molecule has 1 aliphatic heterocycles. The summed E-state index contributed by atoms with van der Waals surface area (Å²) in [5.74, 6) is 1.02. The molecule has 5 heteroatoms. The molecule has 16 heavy (non-hydrogen) atoms. The van der Waals surface area contributed by atoms with Gasteiger partial charge in [0.15, 0.2) is 0 Å². The molecule has 0 aromatic carbocycles. The van der Waals surface area contributed by atoms with Gasteiger partial charge in [-0.1, -0.05) is 0 Å². The van der Waals surface area contributed by atoms with Crippen molar-refractivity contribution in [3.63, 3.8) is 0 Å². The summed E-state index contributed by atoms with van der Waals surface area (Å²) in [6.07, 6.45) is 1.82. The number of hydrogen-bond donors (Lipinski definition) is 1. The van der Waals surface area contributed by atoms with Gasteiger partial charge >= 0.3 is 0 Å². The molecule has 1 saturated heterocycles. The molecule has 0 amide bonds.